The topological polar surface area (TPSA) is 80.7 Å². The number of allylic oxidation sites excluding steroid dienone is 4. The third-order valence-corrected chi connectivity index (χ3v) is 11.2. The van der Waals surface area contributed by atoms with Crippen LogP contribution in [-0.2, 0) is 19.1 Å². The van der Waals surface area contributed by atoms with E-state index in [4.69, 9.17) is 9.84 Å². The highest BCUT2D eigenvalue weighted by atomic mass is 16.5. The Hall–Kier alpha value is -2.17. The molecular weight excluding hydrogens is 464 g/mol. The molecule has 0 aliphatic heterocycles. The molecule has 204 valence electrons. The quantitative estimate of drug-likeness (QED) is 0.238. The lowest BCUT2D eigenvalue weighted by atomic mass is 9.47. The predicted octanol–water partition coefficient (Wildman–Crippen LogP) is 6.93. The van der Waals surface area contributed by atoms with Crippen LogP contribution < -0.4 is 0 Å². The Morgan fingerprint density at radius 3 is 2.43 bits per heavy atom. The van der Waals surface area contributed by atoms with Crippen LogP contribution in [0.2, 0.25) is 0 Å². The van der Waals surface area contributed by atoms with Crippen LogP contribution >= 0.6 is 0 Å². The van der Waals surface area contributed by atoms with E-state index in [-0.39, 0.29) is 51.5 Å². The molecule has 0 saturated heterocycles. The highest BCUT2D eigenvalue weighted by Gasteiger charge is 2.63. The van der Waals surface area contributed by atoms with Gasteiger partial charge in [-0.3, -0.25) is 9.59 Å². The maximum atomic E-state index is 12.6. The first-order valence-corrected chi connectivity index (χ1v) is 14.1. The minimum Gasteiger partial charge on any atom is -0.478 e. The van der Waals surface area contributed by atoms with Crippen molar-refractivity contribution in [1.29, 1.82) is 0 Å². The highest BCUT2D eigenvalue weighted by molar-refractivity contribution is 5.98. The number of carbonyl (C=O) groups excluding carboxylic acids is 2. The number of aliphatic carboxylic acids is 1. The number of carboxylic acids is 1. The molecule has 0 aromatic carbocycles. The molecule has 0 amide bonds. The zero-order valence-electron chi connectivity index (χ0n) is 23.9. The normalized spacial score (nSPS) is 39.5. The van der Waals surface area contributed by atoms with E-state index in [0.29, 0.717) is 24.2 Å². The third kappa shape index (κ3) is 4.55. The van der Waals surface area contributed by atoms with Gasteiger partial charge in [-0.05, 0) is 91.9 Å². The summed E-state index contributed by atoms with van der Waals surface area (Å²) in [5, 5.41) is 9.12. The zero-order valence-corrected chi connectivity index (χ0v) is 23.9. The van der Waals surface area contributed by atoms with E-state index in [9.17, 15) is 14.4 Å². The van der Waals surface area contributed by atoms with Crippen LogP contribution in [0.25, 0.3) is 0 Å². The summed E-state index contributed by atoms with van der Waals surface area (Å²) in [7, 11) is 0. The van der Waals surface area contributed by atoms with E-state index >= 15 is 0 Å². The van der Waals surface area contributed by atoms with Gasteiger partial charge in [0.05, 0.1) is 0 Å². The summed E-state index contributed by atoms with van der Waals surface area (Å²) in [5.74, 6) is 0.447. The van der Waals surface area contributed by atoms with Gasteiger partial charge in [0, 0.05) is 24.3 Å². The molecule has 4 rings (SSSR count). The van der Waals surface area contributed by atoms with E-state index in [1.54, 1.807) is 5.57 Å². The van der Waals surface area contributed by atoms with E-state index in [2.05, 4.69) is 47.3 Å². The first-order valence-electron chi connectivity index (χ1n) is 14.1. The van der Waals surface area contributed by atoms with Gasteiger partial charge in [0.15, 0.2) is 5.78 Å². The first-order chi connectivity index (χ1) is 17.1. The van der Waals surface area contributed by atoms with Gasteiger partial charge < -0.3 is 9.84 Å². The molecule has 3 fully saturated rings. The second-order valence-electron chi connectivity index (χ2n) is 13.7. The molecular formula is C32H46O5. The van der Waals surface area contributed by atoms with Crippen molar-refractivity contribution in [1.82, 2.24) is 0 Å². The lowest BCUT2D eigenvalue weighted by Crippen LogP contribution is -2.55. The number of ketones is 1. The number of rotatable bonds is 6. The van der Waals surface area contributed by atoms with E-state index in [1.807, 2.05) is 0 Å². The summed E-state index contributed by atoms with van der Waals surface area (Å²) in [5.41, 5.74) is 3.21. The van der Waals surface area contributed by atoms with Gasteiger partial charge in [0.25, 0.3) is 0 Å². The van der Waals surface area contributed by atoms with Crippen molar-refractivity contribution in [3.05, 3.63) is 35.5 Å². The van der Waals surface area contributed by atoms with Gasteiger partial charge in [0.1, 0.15) is 6.10 Å². The molecule has 8 atom stereocenters. The number of esters is 1. The summed E-state index contributed by atoms with van der Waals surface area (Å²) in [6.07, 6.45) is 10.4. The van der Waals surface area contributed by atoms with Crippen LogP contribution in [0.3, 0.4) is 0 Å². The Kier molecular flexibility index (Phi) is 7.18. The molecule has 0 spiro atoms. The smallest absolute Gasteiger partial charge is 0.331 e. The fraction of sp³-hybridized carbons (Fsp3) is 0.719. The Balaban J connectivity index is 1.55. The Bertz CT molecular complexity index is 1060. The molecule has 37 heavy (non-hydrogen) atoms. The minimum atomic E-state index is -1.04. The molecule has 5 nitrogen and oxygen atoms in total. The third-order valence-electron chi connectivity index (χ3n) is 11.2. The Labute approximate surface area is 222 Å². The molecule has 1 unspecified atom stereocenters. The van der Waals surface area contributed by atoms with Crippen LogP contribution in [0, 0.1) is 45.8 Å². The van der Waals surface area contributed by atoms with Crippen molar-refractivity contribution in [2.45, 2.75) is 99.5 Å². The fourth-order valence-corrected chi connectivity index (χ4v) is 9.18. The average Bonchev–Trinajstić information content (AvgIpc) is 3.10. The lowest BCUT2D eigenvalue weighted by Gasteiger charge is -2.58. The second kappa shape index (κ2) is 9.54. The largest absolute Gasteiger partial charge is 0.478 e. The van der Waals surface area contributed by atoms with Gasteiger partial charge >= 0.3 is 11.9 Å². The Morgan fingerprint density at radius 2 is 1.81 bits per heavy atom. The molecule has 5 heteroatoms. The van der Waals surface area contributed by atoms with Crippen molar-refractivity contribution in [2.24, 2.45) is 45.8 Å². The summed E-state index contributed by atoms with van der Waals surface area (Å²) >= 11 is 0. The van der Waals surface area contributed by atoms with E-state index in [1.165, 1.54) is 25.5 Å². The molecule has 1 N–H and O–H groups in total. The molecule has 0 aromatic rings. The summed E-state index contributed by atoms with van der Waals surface area (Å²) < 4.78 is 5.81. The van der Waals surface area contributed by atoms with Crippen molar-refractivity contribution in [3.8, 4) is 0 Å². The second-order valence-corrected chi connectivity index (χ2v) is 13.7. The molecule has 4 aliphatic rings. The lowest BCUT2D eigenvalue weighted by molar-refractivity contribution is -0.171. The monoisotopic (exact) mass is 510 g/mol. The maximum absolute atomic E-state index is 12.6. The fourth-order valence-electron chi connectivity index (χ4n) is 9.18. The molecule has 0 bridgehead atoms. The standard InChI is InChI=1S/C32H46O5/c1-18(15-22(34)16-19(2)29(35)36)23-11-13-31(7)24-9-10-27-30(5,6)28(37-21(4)33)12-14-32(27,8)26(24)17-25(31)20(23)3/h9,16,18,23,25-28H,3,10-15,17H2,1-2,4-8H3,(H,35,36)/b19-16+/t18-,23-,25?,26+,27+,28-,31+,32-/m1/s1. The van der Waals surface area contributed by atoms with Crippen LogP contribution in [0.1, 0.15) is 93.4 Å². The maximum Gasteiger partial charge on any atom is 0.331 e. The molecule has 0 aromatic heterocycles. The number of ether oxygens (including phenoxy) is 1. The van der Waals surface area contributed by atoms with Crippen molar-refractivity contribution >= 4 is 17.7 Å². The first kappa shape index (κ1) is 27.9. The SMILES string of the molecule is C=C1C2C[C@H]3C(=CC[C@H]4C(C)(C)[C@H](OC(C)=O)CC[C@]34C)[C@]2(C)CC[C@@H]1[C@H](C)CC(=O)/C=C(\C)C(=O)O. The number of fused-ring (bicyclic) bond motifs is 5. The van der Waals surface area contributed by atoms with E-state index < -0.39 is 5.97 Å². The molecule has 4 aliphatic carbocycles. The Morgan fingerprint density at radius 1 is 1.14 bits per heavy atom. The minimum absolute atomic E-state index is 0.0335. The van der Waals surface area contributed by atoms with Gasteiger partial charge in [-0.25, -0.2) is 4.79 Å². The molecule has 0 radical (unpaired) electrons. The number of hydrogen-bond acceptors (Lipinski definition) is 4. The van der Waals surface area contributed by atoms with Crippen molar-refractivity contribution in [3.63, 3.8) is 0 Å². The molecule has 3 saturated carbocycles. The summed E-state index contributed by atoms with van der Waals surface area (Å²) in [6, 6.07) is 0. The number of carbonyl (C=O) groups is 3. The predicted molar refractivity (Wildman–Crippen MR) is 145 cm³/mol. The van der Waals surface area contributed by atoms with E-state index in [0.717, 1.165) is 38.5 Å². The molecule has 0 heterocycles. The van der Waals surface area contributed by atoms with Gasteiger partial charge in [-0.15, -0.1) is 0 Å². The average molecular weight is 511 g/mol. The van der Waals surface area contributed by atoms with Gasteiger partial charge in [0.2, 0.25) is 0 Å². The number of hydrogen-bond donors (Lipinski definition) is 1. The summed E-state index contributed by atoms with van der Waals surface area (Å²) in [6.45, 7) is 19.3. The van der Waals surface area contributed by atoms with Gasteiger partial charge in [-0.2, -0.15) is 0 Å². The van der Waals surface area contributed by atoms with Crippen molar-refractivity contribution in [2.75, 3.05) is 0 Å². The van der Waals surface area contributed by atoms with Crippen LogP contribution in [-0.4, -0.2) is 28.9 Å². The number of carboxylic acid groups (broad SMARTS) is 1. The van der Waals surface area contributed by atoms with Crippen LogP contribution in [0.4, 0.5) is 0 Å². The summed E-state index contributed by atoms with van der Waals surface area (Å²) in [4.78, 5) is 35.5. The van der Waals surface area contributed by atoms with Gasteiger partial charge in [-0.1, -0.05) is 58.4 Å². The van der Waals surface area contributed by atoms with Crippen LogP contribution in [0.15, 0.2) is 35.5 Å². The van der Waals surface area contributed by atoms with Crippen molar-refractivity contribution < 1.29 is 24.2 Å². The van der Waals surface area contributed by atoms with Crippen LogP contribution in [0.5, 0.6) is 0 Å². The zero-order chi connectivity index (χ0) is 27.5. The highest BCUT2D eigenvalue weighted by Crippen LogP contribution is 2.70.